The van der Waals surface area contributed by atoms with E-state index in [1.54, 1.807) is 0 Å². The minimum atomic E-state index is -0.263. The zero-order chi connectivity index (χ0) is 10.8. The summed E-state index contributed by atoms with van der Waals surface area (Å²) in [5, 5.41) is 3.23. The van der Waals surface area contributed by atoms with Crippen molar-refractivity contribution in [2.75, 3.05) is 6.54 Å². The summed E-state index contributed by atoms with van der Waals surface area (Å²) in [6.45, 7) is 7.18. The van der Waals surface area contributed by atoms with Gasteiger partial charge in [0.1, 0.15) is 0 Å². The van der Waals surface area contributed by atoms with Crippen LogP contribution in [0.15, 0.2) is 0 Å². The molecule has 3 N–H and O–H groups in total. The topological polar surface area (TPSA) is 55.1 Å². The molecule has 0 aliphatic heterocycles. The molecule has 0 aromatic heterocycles. The molecule has 0 saturated heterocycles. The van der Waals surface area contributed by atoms with Gasteiger partial charge in [0.15, 0.2) is 0 Å². The van der Waals surface area contributed by atoms with Crippen LogP contribution in [0, 0.1) is 11.3 Å². The highest BCUT2D eigenvalue weighted by molar-refractivity contribution is 5.75. The standard InChI is InChI=1S/C11H22N2O/c1-8-4-9(13-7-10(12)14)6-11(2,3)5-8/h8-9,13H,4-7H2,1-3H3,(H2,12,14). The largest absolute Gasteiger partial charge is 0.369 e. The fraction of sp³-hybridized carbons (Fsp3) is 0.909. The van der Waals surface area contributed by atoms with Crippen LogP contribution in [0.3, 0.4) is 0 Å². The van der Waals surface area contributed by atoms with E-state index in [1.165, 1.54) is 6.42 Å². The third-order valence-electron chi connectivity index (χ3n) is 2.95. The van der Waals surface area contributed by atoms with Crippen LogP contribution in [0.2, 0.25) is 0 Å². The van der Waals surface area contributed by atoms with Gasteiger partial charge in [-0.2, -0.15) is 0 Å². The van der Waals surface area contributed by atoms with Crippen LogP contribution in [0.4, 0.5) is 0 Å². The normalized spacial score (nSPS) is 31.4. The monoisotopic (exact) mass is 198 g/mol. The molecule has 1 amide bonds. The molecular formula is C11H22N2O. The molecule has 2 unspecified atom stereocenters. The summed E-state index contributed by atoms with van der Waals surface area (Å²) >= 11 is 0. The summed E-state index contributed by atoms with van der Waals surface area (Å²) in [7, 11) is 0. The van der Waals surface area contributed by atoms with E-state index in [2.05, 4.69) is 26.1 Å². The lowest BCUT2D eigenvalue weighted by Crippen LogP contribution is -2.43. The van der Waals surface area contributed by atoms with Crippen LogP contribution in [-0.2, 0) is 4.79 Å². The molecule has 1 aliphatic rings. The second kappa shape index (κ2) is 4.30. The molecular weight excluding hydrogens is 176 g/mol. The van der Waals surface area contributed by atoms with E-state index in [-0.39, 0.29) is 5.91 Å². The molecule has 0 aromatic rings. The molecule has 0 spiro atoms. The van der Waals surface area contributed by atoms with Crippen LogP contribution >= 0.6 is 0 Å². The Morgan fingerprint density at radius 2 is 2.14 bits per heavy atom. The third-order valence-corrected chi connectivity index (χ3v) is 2.95. The molecule has 2 atom stereocenters. The molecule has 0 bridgehead atoms. The number of rotatable bonds is 3. The van der Waals surface area contributed by atoms with Crippen LogP contribution in [-0.4, -0.2) is 18.5 Å². The summed E-state index contributed by atoms with van der Waals surface area (Å²) in [4.78, 5) is 10.6. The SMILES string of the molecule is CC1CC(NCC(N)=O)CC(C)(C)C1. The fourth-order valence-corrected chi connectivity index (χ4v) is 2.75. The molecule has 1 rings (SSSR count). The van der Waals surface area contributed by atoms with Gasteiger partial charge in [-0.05, 0) is 30.6 Å². The van der Waals surface area contributed by atoms with Gasteiger partial charge < -0.3 is 11.1 Å². The summed E-state index contributed by atoms with van der Waals surface area (Å²) in [5.74, 6) is 0.477. The lowest BCUT2D eigenvalue weighted by atomic mass is 9.70. The van der Waals surface area contributed by atoms with Crippen LogP contribution in [0.5, 0.6) is 0 Å². The molecule has 0 heterocycles. The Kier molecular flexibility index (Phi) is 3.53. The van der Waals surface area contributed by atoms with Gasteiger partial charge in [-0.3, -0.25) is 4.79 Å². The van der Waals surface area contributed by atoms with Crippen molar-refractivity contribution in [2.45, 2.75) is 46.1 Å². The number of nitrogens with one attached hydrogen (secondary N) is 1. The van der Waals surface area contributed by atoms with Gasteiger partial charge in [-0.15, -0.1) is 0 Å². The van der Waals surface area contributed by atoms with Crippen molar-refractivity contribution in [3.05, 3.63) is 0 Å². The van der Waals surface area contributed by atoms with Gasteiger partial charge in [-0.1, -0.05) is 20.8 Å². The number of carbonyl (C=O) groups excluding carboxylic acids is 1. The van der Waals surface area contributed by atoms with Crippen LogP contribution < -0.4 is 11.1 Å². The second-order valence-corrected chi connectivity index (χ2v) is 5.46. The van der Waals surface area contributed by atoms with Crippen LogP contribution in [0.1, 0.15) is 40.0 Å². The van der Waals surface area contributed by atoms with Gasteiger partial charge in [-0.25, -0.2) is 0 Å². The maximum absolute atomic E-state index is 10.6. The Hall–Kier alpha value is -0.570. The Labute approximate surface area is 86.4 Å². The summed E-state index contributed by atoms with van der Waals surface area (Å²) in [6, 6.07) is 0.459. The number of nitrogens with two attached hydrogens (primary N) is 1. The Morgan fingerprint density at radius 1 is 1.50 bits per heavy atom. The van der Waals surface area contributed by atoms with E-state index in [9.17, 15) is 4.79 Å². The summed E-state index contributed by atoms with van der Waals surface area (Å²) in [5.41, 5.74) is 5.51. The van der Waals surface area contributed by atoms with Crippen molar-refractivity contribution >= 4 is 5.91 Å². The highest BCUT2D eigenvalue weighted by Gasteiger charge is 2.31. The van der Waals surface area contributed by atoms with Crippen LogP contribution in [0.25, 0.3) is 0 Å². The first kappa shape index (κ1) is 11.5. The third kappa shape index (κ3) is 3.66. The average molecular weight is 198 g/mol. The van der Waals surface area contributed by atoms with E-state index >= 15 is 0 Å². The smallest absolute Gasteiger partial charge is 0.231 e. The Bertz CT molecular complexity index is 213. The summed E-state index contributed by atoms with van der Waals surface area (Å²) in [6.07, 6.45) is 3.59. The van der Waals surface area contributed by atoms with E-state index < -0.39 is 0 Å². The maximum atomic E-state index is 10.6. The van der Waals surface area contributed by atoms with Gasteiger partial charge in [0.25, 0.3) is 0 Å². The van der Waals surface area contributed by atoms with Gasteiger partial charge in [0, 0.05) is 6.04 Å². The van der Waals surface area contributed by atoms with E-state index in [0.29, 0.717) is 18.0 Å². The molecule has 1 fully saturated rings. The first-order valence-electron chi connectivity index (χ1n) is 5.41. The predicted molar refractivity (Wildman–Crippen MR) is 57.8 cm³/mol. The predicted octanol–water partition coefficient (Wildman–Crippen LogP) is 1.28. The molecule has 14 heavy (non-hydrogen) atoms. The Morgan fingerprint density at radius 3 is 2.64 bits per heavy atom. The molecule has 0 radical (unpaired) electrons. The number of hydrogen-bond acceptors (Lipinski definition) is 2. The highest BCUT2D eigenvalue weighted by Crippen LogP contribution is 2.38. The number of hydrogen-bond donors (Lipinski definition) is 2. The average Bonchev–Trinajstić information content (AvgIpc) is 1.96. The van der Waals surface area contributed by atoms with E-state index in [4.69, 9.17) is 5.73 Å². The zero-order valence-corrected chi connectivity index (χ0v) is 9.47. The lowest BCUT2D eigenvalue weighted by Gasteiger charge is -2.39. The molecule has 1 aliphatic carbocycles. The van der Waals surface area contributed by atoms with Crippen molar-refractivity contribution in [1.29, 1.82) is 0 Å². The number of carbonyl (C=O) groups is 1. The number of primary amides is 1. The lowest BCUT2D eigenvalue weighted by molar-refractivity contribution is -0.117. The van der Waals surface area contributed by atoms with Crippen molar-refractivity contribution in [3.8, 4) is 0 Å². The van der Waals surface area contributed by atoms with Crippen molar-refractivity contribution in [3.63, 3.8) is 0 Å². The van der Waals surface area contributed by atoms with Gasteiger partial charge >= 0.3 is 0 Å². The van der Waals surface area contributed by atoms with E-state index in [1.807, 2.05) is 0 Å². The van der Waals surface area contributed by atoms with E-state index in [0.717, 1.165) is 18.8 Å². The van der Waals surface area contributed by atoms with Crippen molar-refractivity contribution in [1.82, 2.24) is 5.32 Å². The Balaban J connectivity index is 2.42. The maximum Gasteiger partial charge on any atom is 0.231 e. The van der Waals surface area contributed by atoms with Crippen molar-refractivity contribution < 1.29 is 4.79 Å². The van der Waals surface area contributed by atoms with Gasteiger partial charge in [0.05, 0.1) is 6.54 Å². The molecule has 3 nitrogen and oxygen atoms in total. The minimum absolute atomic E-state index is 0.263. The molecule has 1 saturated carbocycles. The summed E-state index contributed by atoms with van der Waals surface area (Å²) < 4.78 is 0. The molecule has 82 valence electrons. The first-order valence-corrected chi connectivity index (χ1v) is 5.41. The first-order chi connectivity index (χ1) is 6.39. The van der Waals surface area contributed by atoms with Gasteiger partial charge in [0.2, 0.25) is 5.91 Å². The minimum Gasteiger partial charge on any atom is -0.369 e. The highest BCUT2D eigenvalue weighted by atomic mass is 16.1. The quantitative estimate of drug-likeness (QED) is 0.717. The van der Waals surface area contributed by atoms with Crippen molar-refractivity contribution in [2.24, 2.45) is 17.1 Å². The molecule has 0 aromatic carbocycles. The second-order valence-electron chi connectivity index (χ2n) is 5.46. The number of amides is 1. The zero-order valence-electron chi connectivity index (χ0n) is 9.47. The molecule has 3 heteroatoms. The fourth-order valence-electron chi connectivity index (χ4n) is 2.75.